The molecule has 1 atom stereocenters. The molecule has 14 heavy (non-hydrogen) atoms. The average molecular weight is 205 g/mol. The number of hydrogen-bond acceptors (Lipinski definition) is 4. The van der Waals surface area contributed by atoms with E-state index in [-0.39, 0.29) is 6.04 Å². The van der Waals surface area contributed by atoms with Gasteiger partial charge in [-0.2, -0.15) is 11.3 Å². The minimum atomic E-state index is -0.171. The van der Waals surface area contributed by atoms with E-state index in [1.54, 1.807) is 17.5 Å². The number of nitrogen functional groups attached to an aromatic ring is 1. The highest BCUT2D eigenvalue weighted by atomic mass is 32.1. The van der Waals surface area contributed by atoms with E-state index >= 15 is 0 Å². The van der Waals surface area contributed by atoms with E-state index in [1.165, 1.54) is 0 Å². The largest absolute Gasteiger partial charge is 0.383 e. The molecule has 0 fully saturated rings. The van der Waals surface area contributed by atoms with Gasteiger partial charge in [-0.15, -0.1) is 0 Å². The molecular formula is C10H11N3S. The standard InChI is InChI=1S/C10H11N3S/c11-9(7-3-5-14-6-7)8-2-1-4-13-10(8)12/h1-6,9H,11H2,(H2,12,13)/t9-/m0/s1. The molecule has 0 aromatic carbocycles. The zero-order valence-corrected chi connectivity index (χ0v) is 8.37. The predicted octanol–water partition coefficient (Wildman–Crippen LogP) is 1.77. The first-order valence-corrected chi connectivity index (χ1v) is 5.21. The van der Waals surface area contributed by atoms with E-state index in [4.69, 9.17) is 11.5 Å². The zero-order chi connectivity index (χ0) is 9.97. The Bertz CT molecular complexity index is 411. The Morgan fingerprint density at radius 3 is 2.86 bits per heavy atom. The van der Waals surface area contributed by atoms with Crippen LogP contribution in [0.4, 0.5) is 5.82 Å². The van der Waals surface area contributed by atoms with Gasteiger partial charge < -0.3 is 11.5 Å². The van der Waals surface area contributed by atoms with Crippen LogP contribution >= 0.6 is 11.3 Å². The molecule has 0 bridgehead atoms. The van der Waals surface area contributed by atoms with Gasteiger partial charge in [0.05, 0.1) is 6.04 Å². The Morgan fingerprint density at radius 2 is 2.21 bits per heavy atom. The van der Waals surface area contributed by atoms with Crippen LogP contribution in [0.25, 0.3) is 0 Å². The van der Waals surface area contributed by atoms with Gasteiger partial charge in [-0.3, -0.25) is 0 Å². The van der Waals surface area contributed by atoms with Gasteiger partial charge in [0.15, 0.2) is 0 Å². The summed E-state index contributed by atoms with van der Waals surface area (Å²) < 4.78 is 0. The molecule has 0 unspecified atom stereocenters. The molecule has 0 radical (unpaired) electrons. The lowest BCUT2D eigenvalue weighted by Crippen LogP contribution is -2.13. The number of nitrogens with zero attached hydrogens (tertiary/aromatic N) is 1. The summed E-state index contributed by atoms with van der Waals surface area (Å²) in [6.07, 6.45) is 1.67. The van der Waals surface area contributed by atoms with E-state index in [2.05, 4.69) is 4.98 Å². The van der Waals surface area contributed by atoms with Crippen molar-refractivity contribution in [3.05, 3.63) is 46.3 Å². The van der Waals surface area contributed by atoms with Crippen LogP contribution in [-0.4, -0.2) is 4.98 Å². The van der Waals surface area contributed by atoms with Gasteiger partial charge in [-0.1, -0.05) is 6.07 Å². The Kier molecular flexibility index (Phi) is 2.47. The van der Waals surface area contributed by atoms with E-state index in [0.717, 1.165) is 11.1 Å². The van der Waals surface area contributed by atoms with Crippen LogP contribution in [0, 0.1) is 0 Å². The highest BCUT2D eigenvalue weighted by molar-refractivity contribution is 7.08. The zero-order valence-electron chi connectivity index (χ0n) is 7.55. The number of thiophene rings is 1. The van der Waals surface area contributed by atoms with Crippen LogP contribution in [0.1, 0.15) is 17.2 Å². The SMILES string of the molecule is Nc1ncccc1[C@@H](N)c1ccsc1. The molecular weight excluding hydrogens is 194 g/mol. The van der Waals surface area contributed by atoms with Gasteiger partial charge in [-0.25, -0.2) is 4.98 Å². The molecule has 72 valence electrons. The fourth-order valence-electron chi connectivity index (χ4n) is 1.32. The van der Waals surface area contributed by atoms with Crippen molar-refractivity contribution in [1.82, 2.24) is 4.98 Å². The van der Waals surface area contributed by atoms with Crippen LogP contribution in [0.3, 0.4) is 0 Å². The lowest BCUT2D eigenvalue weighted by atomic mass is 10.0. The second-order valence-electron chi connectivity index (χ2n) is 3.01. The third-order valence-corrected chi connectivity index (χ3v) is 2.81. The van der Waals surface area contributed by atoms with Crippen LogP contribution < -0.4 is 11.5 Å². The van der Waals surface area contributed by atoms with Crippen molar-refractivity contribution < 1.29 is 0 Å². The van der Waals surface area contributed by atoms with E-state index in [9.17, 15) is 0 Å². The van der Waals surface area contributed by atoms with E-state index in [0.29, 0.717) is 5.82 Å². The molecule has 2 aromatic rings. The first-order valence-electron chi connectivity index (χ1n) is 4.27. The van der Waals surface area contributed by atoms with Crippen molar-refractivity contribution in [3.63, 3.8) is 0 Å². The van der Waals surface area contributed by atoms with Crippen molar-refractivity contribution in [2.75, 3.05) is 5.73 Å². The smallest absolute Gasteiger partial charge is 0.128 e. The fourth-order valence-corrected chi connectivity index (χ4v) is 2.02. The first kappa shape index (κ1) is 9.18. The molecule has 0 saturated heterocycles. The van der Waals surface area contributed by atoms with Gasteiger partial charge in [0.1, 0.15) is 5.82 Å². The average Bonchev–Trinajstić information content (AvgIpc) is 2.70. The second-order valence-corrected chi connectivity index (χ2v) is 3.79. The predicted molar refractivity (Wildman–Crippen MR) is 59.0 cm³/mol. The summed E-state index contributed by atoms with van der Waals surface area (Å²) in [6.45, 7) is 0. The van der Waals surface area contributed by atoms with Crippen molar-refractivity contribution in [1.29, 1.82) is 0 Å². The Labute approximate surface area is 86.4 Å². The fraction of sp³-hybridized carbons (Fsp3) is 0.100. The maximum Gasteiger partial charge on any atom is 0.128 e. The van der Waals surface area contributed by atoms with Crippen molar-refractivity contribution in [2.45, 2.75) is 6.04 Å². The summed E-state index contributed by atoms with van der Waals surface area (Å²) in [5, 5.41) is 4.03. The van der Waals surface area contributed by atoms with E-state index < -0.39 is 0 Å². The van der Waals surface area contributed by atoms with Crippen molar-refractivity contribution in [2.24, 2.45) is 5.73 Å². The van der Waals surface area contributed by atoms with Crippen LogP contribution in [-0.2, 0) is 0 Å². The Hall–Kier alpha value is -1.39. The molecule has 0 aliphatic carbocycles. The summed E-state index contributed by atoms with van der Waals surface area (Å²) in [5.74, 6) is 0.506. The molecule has 0 amide bonds. The molecule has 2 heterocycles. The highest BCUT2D eigenvalue weighted by Gasteiger charge is 2.11. The van der Waals surface area contributed by atoms with Gasteiger partial charge in [0, 0.05) is 11.8 Å². The molecule has 0 aliphatic rings. The number of aromatic nitrogens is 1. The lowest BCUT2D eigenvalue weighted by molar-refractivity contribution is 0.873. The third-order valence-electron chi connectivity index (χ3n) is 2.11. The molecule has 4 heteroatoms. The van der Waals surface area contributed by atoms with Crippen molar-refractivity contribution in [3.8, 4) is 0 Å². The van der Waals surface area contributed by atoms with Crippen LogP contribution in [0.15, 0.2) is 35.2 Å². The van der Waals surface area contributed by atoms with Gasteiger partial charge in [0.2, 0.25) is 0 Å². The normalized spacial score (nSPS) is 12.6. The third kappa shape index (κ3) is 1.62. The maximum absolute atomic E-state index is 6.05. The first-order chi connectivity index (χ1) is 6.79. The molecule has 0 saturated carbocycles. The highest BCUT2D eigenvalue weighted by Crippen LogP contribution is 2.24. The van der Waals surface area contributed by atoms with Gasteiger partial charge in [-0.05, 0) is 28.5 Å². The molecule has 0 aliphatic heterocycles. The Morgan fingerprint density at radius 1 is 1.36 bits per heavy atom. The Balaban J connectivity index is 2.37. The maximum atomic E-state index is 6.05. The summed E-state index contributed by atoms with van der Waals surface area (Å²) in [4.78, 5) is 4.01. The van der Waals surface area contributed by atoms with Crippen molar-refractivity contribution >= 4 is 17.2 Å². The summed E-state index contributed by atoms with van der Waals surface area (Å²) >= 11 is 1.63. The minimum Gasteiger partial charge on any atom is -0.383 e. The number of hydrogen-bond donors (Lipinski definition) is 2. The molecule has 0 spiro atoms. The minimum absolute atomic E-state index is 0.171. The summed E-state index contributed by atoms with van der Waals surface area (Å²) in [7, 11) is 0. The van der Waals surface area contributed by atoms with Crippen LogP contribution in [0.5, 0.6) is 0 Å². The van der Waals surface area contributed by atoms with Gasteiger partial charge >= 0.3 is 0 Å². The van der Waals surface area contributed by atoms with E-state index in [1.807, 2.05) is 29.0 Å². The monoisotopic (exact) mass is 205 g/mol. The number of pyridine rings is 1. The molecule has 4 N–H and O–H groups in total. The number of rotatable bonds is 2. The quantitative estimate of drug-likeness (QED) is 0.785. The number of anilines is 1. The summed E-state index contributed by atoms with van der Waals surface area (Å²) in [6, 6.07) is 5.58. The van der Waals surface area contributed by atoms with Crippen LogP contribution in [0.2, 0.25) is 0 Å². The lowest BCUT2D eigenvalue weighted by Gasteiger charge is -2.11. The summed E-state index contributed by atoms with van der Waals surface area (Å²) in [5.41, 5.74) is 13.7. The van der Waals surface area contributed by atoms with Gasteiger partial charge in [0.25, 0.3) is 0 Å². The molecule has 2 aromatic heterocycles. The molecule has 2 rings (SSSR count). The second kappa shape index (κ2) is 3.77. The molecule has 3 nitrogen and oxygen atoms in total. The topological polar surface area (TPSA) is 64.9 Å². The number of nitrogens with two attached hydrogens (primary N) is 2.